The molecule has 0 atom stereocenters. The van der Waals surface area contributed by atoms with Gasteiger partial charge < -0.3 is 19.5 Å². The van der Waals surface area contributed by atoms with Crippen molar-refractivity contribution in [1.82, 2.24) is 0 Å². The zero-order valence-corrected chi connectivity index (χ0v) is 15.1. The van der Waals surface area contributed by atoms with Crippen molar-refractivity contribution < 1.29 is 23.8 Å². The van der Waals surface area contributed by atoms with E-state index in [2.05, 4.69) is 0 Å². The highest BCUT2D eigenvalue weighted by atomic mass is 19.1. The number of amides is 1. The molecule has 0 bridgehead atoms. The van der Waals surface area contributed by atoms with Gasteiger partial charge in [0.25, 0.3) is 0 Å². The largest absolute Gasteiger partial charge is 0.443 e. The number of ether oxygens (including phenoxy) is 2. The summed E-state index contributed by atoms with van der Waals surface area (Å²) >= 11 is 0. The Hall–Kier alpha value is -1.86. The number of carbonyl (C=O) groups is 1. The van der Waals surface area contributed by atoms with Crippen LogP contribution in [-0.2, 0) is 9.47 Å². The second kappa shape index (κ2) is 8.49. The van der Waals surface area contributed by atoms with Gasteiger partial charge in [-0.3, -0.25) is 4.90 Å². The number of rotatable bonds is 5. The second-order valence-corrected chi connectivity index (χ2v) is 6.94. The van der Waals surface area contributed by atoms with Crippen LogP contribution >= 0.6 is 0 Å². The maximum atomic E-state index is 14.6. The van der Waals surface area contributed by atoms with Crippen LogP contribution in [-0.4, -0.2) is 56.3 Å². The molecule has 1 heterocycles. The van der Waals surface area contributed by atoms with Gasteiger partial charge in [-0.05, 0) is 45.4 Å². The Morgan fingerprint density at radius 1 is 1.36 bits per heavy atom. The number of aliphatic hydroxyl groups excluding tert-OH is 1. The SMILES string of the molecule is CC(C)(C)OC(=O)N(CCCO)c1ccc(N2CCOCC2)c(F)c1. The molecule has 0 unspecified atom stereocenters. The van der Waals surface area contributed by atoms with E-state index >= 15 is 0 Å². The van der Waals surface area contributed by atoms with Gasteiger partial charge in [0.1, 0.15) is 11.4 Å². The van der Waals surface area contributed by atoms with Crippen LogP contribution in [0.1, 0.15) is 27.2 Å². The minimum absolute atomic E-state index is 0.0619. The van der Waals surface area contributed by atoms with E-state index < -0.39 is 17.5 Å². The van der Waals surface area contributed by atoms with Crippen molar-refractivity contribution in [3.63, 3.8) is 0 Å². The molecule has 1 aliphatic rings. The zero-order valence-electron chi connectivity index (χ0n) is 15.1. The van der Waals surface area contributed by atoms with Gasteiger partial charge in [-0.25, -0.2) is 9.18 Å². The first-order valence-electron chi connectivity index (χ1n) is 8.55. The Balaban J connectivity index is 2.21. The van der Waals surface area contributed by atoms with Crippen molar-refractivity contribution in [2.45, 2.75) is 32.8 Å². The van der Waals surface area contributed by atoms with Crippen LogP contribution < -0.4 is 9.80 Å². The van der Waals surface area contributed by atoms with Crippen molar-refractivity contribution >= 4 is 17.5 Å². The first-order valence-corrected chi connectivity index (χ1v) is 8.55. The monoisotopic (exact) mass is 354 g/mol. The number of hydrogen-bond donors (Lipinski definition) is 1. The van der Waals surface area contributed by atoms with E-state index in [0.29, 0.717) is 44.1 Å². The molecule has 0 spiro atoms. The van der Waals surface area contributed by atoms with Crippen molar-refractivity contribution in [2.75, 3.05) is 49.3 Å². The third-order valence-electron chi connectivity index (χ3n) is 3.75. The third kappa shape index (κ3) is 5.57. The fourth-order valence-corrected chi connectivity index (χ4v) is 2.60. The molecule has 6 nitrogen and oxygen atoms in total. The molecule has 1 fully saturated rings. The molecule has 1 aliphatic heterocycles. The Labute approximate surface area is 148 Å². The molecule has 7 heteroatoms. The summed E-state index contributed by atoms with van der Waals surface area (Å²) in [6.45, 7) is 7.93. The summed E-state index contributed by atoms with van der Waals surface area (Å²) < 4.78 is 25.3. The Bertz CT molecular complexity index is 583. The van der Waals surface area contributed by atoms with Gasteiger partial charge in [-0.1, -0.05) is 0 Å². The van der Waals surface area contributed by atoms with Crippen molar-refractivity contribution in [2.24, 2.45) is 0 Å². The molecule has 25 heavy (non-hydrogen) atoms. The van der Waals surface area contributed by atoms with E-state index in [1.54, 1.807) is 32.9 Å². The summed E-state index contributed by atoms with van der Waals surface area (Å²) in [6, 6.07) is 4.72. The van der Waals surface area contributed by atoms with Crippen LogP contribution in [0.3, 0.4) is 0 Å². The molecular weight excluding hydrogens is 327 g/mol. The first-order chi connectivity index (χ1) is 11.8. The summed E-state index contributed by atoms with van der Waals surface area (Å²) in [4.78, 5) is 15.7. The van der Waals surface area contributed by atoms with Crippen LogP contribution in [0.5, 0.6) is 0 Å². The molecule has 0 aromatic heterocycles. The lowest BCUT2D eigenvalue weighted by atomic mass is 10.2. The number of hydrogen-bond acceptors (Lipinski definition) is 5. The normalized spacial score (nSPS) is 15.2. The molecule has 140 valence electrons. The zero-order chi connectivity index (χ0) is 18.4. The van der Waals surface area contributed by atoms with Gasteiger partial charge >= 0.3 is 6.09 Å². The highest BCUT2D eigenvalue weighted by Gasteiger charge is 2.24. The third-order valence-corrected chi connectivity index (χ3v) is 3.75. The van der Waals surface area contributed by atoms with E-state index in [-0.39, 0.29) is 13.2 Å². The van der Waals surface area contributed by atoms with E-state index in [4.69, 9.17) is 14.6 Å². The predicted molar refractivity (Wildman–Crippen MR) is 94.7 cm³/mol. The molecule has 1 saturated heterocycles. The maximum Gasteiger partial charge on any atom is 0.414 e. The lowest BCUT2D eigenvalue weighted by Crippen LogP contribution is -2.38. The predicted octanol–water partition coefficient (Wildman–Crippen LogP) is 2.79. The lowest BCUT2D eigenvalue weighted by Gasteiger charge is -2.30. The van der Waals surface area contributed by atoms with Crippen molar-refractivity contribution in [3.05, 3.63) is 24.0 Å². The van der Waals surface area contributed by atoms with Gasteiger partial charge in [-0.2, -0.15) is 0 Å². The standard InChI is InChI=1S/C18H27FN2O4/c1-18(2,3)25-17(23)21(7-4-10-22)14-5-6-16(15(19)13-14)20-8-11-24-12-9-20/h5-6,13,22H,4,7-12H2,1-3H3. The van der Waals surface area contributed by atoms with Crippen LogP contribution in [0.25, 0.3) is 0 Å². The second-order valence-electron chi connectivity index (χ2n) is 6.94. The molecule has 1 amide bonds. The average molecular weight is 354 g/mol. The number of carbonyl (C=O) groups excluding carboxylic acids is 1. The van der Waals surface area contributed by atoms with Crippen LogP contribution in [0, 0.1) is 5.82 Å². The summed E-state index contributed by atoms with van der Waals surface area (Å²) in [7, 11) is 0. The molecule has 0 aliphatic carbocycles. The van der Waals surface area contributed by atoms with E-state index in [1.807, 2.05) is 4.90 Å². The average Bonchev–Trinajstić information content (AvgIpc) is 2.54. The highest BCUT2D eigenvalue weighted by Crippen LogP contribution is 2.27. The number of halogens is 1. The Morgan fingerprint density at radius 3 is 2.60 bits per heavy atom. The smallest absolute Gasteiger partial charge is 0.414 e. The van der Waals surface area contributed by atoms with Gasteiger partial charge in [0.2, 0.25) is 0 Å². The molecule has 1 aromatic rings. The quantitative estimate of drug-likeness (QED) is 0.881. The van der Waals surface area contributed by atoms with Gasteiger partial charge in [0.05, 0.1) is 24.6 Å². The van der Waals surface area contributed by atoms with Gasteiger partial charge in [-0.15, -0.1) is 0 Å². The summed E-state index contributed by atoms with van der Waals surface area (Å²) in [5.74, 6) is -0.392. The molecule has 1 aromatic carbocycles. The topological polar surface area (TPSA) is 62.2 Å². The minimum Gasteiger partial charge on any atom is -0.443 e. The molecule has 0 saturated carbocycles. The molecule has 2 rings (SSSR count). The first kappa shape index (κ1) is 19.5. The van der Waals surface area contributed by atoms with Gasteiger partial charge in [0, 0.05) is 26.2 Å². The number of benzene rings is 1. The van der Waals surface area contributed by atoms with Crippen LogP contribution in [0.15, 0.2) is 18.2 Å². The highest BCUT2D eigenvalue weighted by molar-refractivity contribution is 5.88. The number of morpholine rings is 1. The summed E-state index contributed by atoms with van der Waals surface area (Å²) in [5.41, 5.74) is 0.261. The van der Waals surface area contributed by atoms with Crippen LogP contribution in [0.4, 0.5) is 20.6 Å². The number of nitrogens with zero attached hydrogens (tertiary/aromatic N) is 2. The van der Waals surface area contributed by atoms with E-state index in [0.717, 1.165) is 0 Å². The fourth-order valence-electron chi connectivity index (χ4n) is 2.60. The number of anilines is 2. The number of aliphatic hydroxyl groups is 1. The Kier molecular flexibility index (Phi) is 6.61. The van der Waals surface area contributed by atoms with Crippen molar-refractivity contribution in [3.8, 4) is 0 Å². The van der Waals surface area contributed by atoms with Crippen LogP contribution in [0.2, 0.25) is 0 Å². The molecule has 1 N–H and O–H groups in total. The minimum atomic E-state index is -0.652. The van der Waals surface area contributed by atoms with E-state index in [1.165, 1.54) is 11.0 Å². The summed E-state index contributed by atoms with van der Waals surface area (Å²) in [5, 5.41) is 9.07. The summed E-state index contributed by atoms with van der Waals surface area (Å²) in [6.07, 6.45) is -0.175. The van der Waals surface area contributed by atoms with Gasteiger partial charge in [0.15, 0.2) is 0 Å². The maximum absolute atomic E-state index is 14.6. The Morgan fingerprint density at radius 2 is 2.04 bits per heavy atom. The molecule has 0 radical (unpaired) electrons. The molecular formula is C18H27FN2O4. The van der Waals surface area contributed by atoms with Crippen molar-refractivity contribution in [1.29, 1.82) is 0 Å². The lowest BCUT2D eigenvalue weighted by molar-refractivity contribution is 0.0578. The fraction of sp³-hybridized carbons (Fsp3) is 0.611. The van der Waals surface area contributed by atoms with E-state index in [9.17, 15) is 9.18 Å².